The van der Waals surface area contributed by atoms with Crippen LogP contribution < -0.4 is 0 Å². The van der Waals surface area contributed by atoms with E-state index in [9.17, 15) is 5.11 Å². The molecule has 7 heteroatoms. The van der Waals surface area contributed by atoms with Crippen molar-refractivity contribution in [1.29, 1.82) is 0 Å². The summed E-state index contributed by atoms with van der Waals surface area (Å²) in [5, 5.41) is 10.3. The molecule has 1 aromatic carbocycles. The highest BCUT2D eigenvalue weighted by atomic mass is 127. The van der Waals surface area contributed by atoms with E-state index in [0.717, 1.165) is 21.6 Å². The number of rotatable bonds is 4. The van der Waals surface area contributed by atoms with Crippen LogP contribution in [-0.4, -0.2) is 47.6 Å². The van der Waals surface area contributed by atoms with Crippen LogP contribution in [0.1, 0.15) is 37.7 Å². The lowest BCUT2D eigenvalue weighted by atomic mass is 9.95. The average Bonchev–Trinajstić information content (AvgIpc) is 2.55. The normalized spacial score (nSPS) is 19.9. The molecule has 25 heavy (non-hydrogen) atoms. The molecule has 1 aromatic rings. The molecule has 3 nitrogen and oxygen atoms in total. The van der Waals surface area contributed by atoms with Crippen LogP contribution in [0.25, 0.3) is 0 Å². The highest BCUT2D eigenvalue weighted by Gasteiger charge is 2.23. The summed E-state index contributed by atoms with van der Waals surface area (Å²) >= 11 is 4.56. The quantitative estimate of drug-likeness (QED) is 0.477. The van der Waals surface area contributed by atoms with Crippen molar-refractivity contribution in [3.8, 4) is 5.75 Å². The molecule has 1 N–H and O–H groups in total. The Morgan fingerprint density at radius 2 is 1.56 bits per heavy atom. The third-order valence-corrected chi connectivity index (χ3v) is 6.62. The summed E-state index contributed by atoms with van der Waals surface area (Å²) in [6.45, 7) is 7.15. The van der Waals surface area contributed by atoms with Gasteiger partial charge in [-0.3, -0.25) is 4.90 Å². The number of piperidine rings is 2. The molecule has 0 radical (unpaired) electrons. The summed E-state index contributed by atoms with van der Waals surface area (Å²) in [7, 11) is 0. The van der Waals surface area contributed by atoms with E-state index < -0.39 is 0 Å². The maximum absolute atomic E-state index is 10.3. The van der Waals surface area contributed by atoms with Gasteiger partial charge in [0.1, 0.15) is 5.75 Å². The fourth-order valence-corrected chi connectivity index (χ4v) is 5.78. The van der Waals surface area contributed by atoms with Gasteiger partial charge in [0, 0.05) is 22.2 Å². The number of hydrogen-bond donors (Lipinski definition) is 1. The highest BCUT2D eigenvalue weighted by Crippen LogP contribution is 2.29. The van der Waals surface area contributed by atoms with Crippen molar-refractivity contribution in [3.05, 3.63) is 24.8 Å². The molecule has 2 heterocycles. The maximum Gasteiger partial charge on any atom is 0.133 e. The summed E-state index contributed by atoms with van der Waals surface area (Å²) in [6.07, 6.45) is 6.82. The lowest BCUT2D eigenvalue weighted by molar-refractivity contribution is 0.127. The van der Waals surface area contributed by atoms with Crippen LogP contribution in [0.2, 0.25) is 0 Å². The van der Waals surface area contributed by atoms with Crippen molar-refractivity contribution < 1.29 is 5.11 Å². The Hall–Kier alpha value is 0.980. The van der Waals surface area contributed by atoms with Gasteiger partial charge in [0.15, 0.2) is 0 Å². The lowest BCUT2D eigenvalue weighted by Gasteiger charge is -2.36. The molecule has 0 aliphatic carbocycles. The van der Waals surface area contributed by atoms with E-state index in [-0.39, 0.29) is 24.8 Å². The number of aromatic hydroxyl groups is 1. The number of nitrogens with zero attached hydrogens (tertiary/aromatic N) is 2. The van der Waals surface area contributed by atoms with Crippen LogP contribution in [0.15, 0.2) is 12.1 Å². The van der Waals surface area contributed by atoms with Gasteiger partial charge >= 0.3 is 0 Å². The second-order valence-electron chi connectivity index (χ2n) is 6.98. The first kappa shape index (κ1) is 24.0. The van der Waals surface area contributed by atoms with Crippen LogP contribution in [0.5, 0.6) is 5.75 Å². The van der Waals surface area contributed by atoms with Crippen molar-refractivity contribution in [2.75, 3.05) is 32.7 Å². The van der Waals surface area contributed by atoms with Crippen LogP contribution in [-0.2, 0) is 6.54 Å². The Labute approximate surface area is 191 Å². The fraction of sp³-hybridized carbons (Fsp3) is 0.667. The summed E-state index contributed by atoms with van der Waals surface area (Å²) in [6, 6.07) is 4.16. The zero-order valence-corrected chi connectivity index (χ0v) is 20.4. The Balaban J connectivity index is 0.00000156. The van der Waals surface area contributed by atoms with E-state index in [1.807, 2.05) is 6.07 Å². The number of phenolic OH excluding ortho intramolecular Hbond substituents is 1. The van der Waals surface area contributed by atoms with E-state index in [0.29, 0.717) is 5.75 Å². The topological polar surface area (TPSA) is 26.7 Å². The number of phenols is 1. The van der Waals surface area contributed by atoms with Crippen molar-refractivity contribution in [2.45, 2.75) is 38.6 Å². The van der Waals surface area contributed by atoms with Gasteiger partial charge in [-0.2, -0.15) is 0 Å². The van der Waals surface area contributed by atoms with E-state index in [4.69, 9.17) is 0 Å². The molecular weight excluding hydrogens is 585 g/mol. The van der Waals surface area contributed by atoms with E-state index in [1.165, 1.54) is 68.4 Å². The van der Waals surface area contributed by atoms with E-state index in [1.54, 1.807) is 0 Å². The zero-order valence-electron chi connectivity index (χ0n) is 14.4. The van der Waals surface area contributed by atoms with Crippen LogP contribution in [0.3, 0.4) is 0 Å². The predicted octanol–water partition coefficient (Wildman–Crippen LogP) is 5.14. The van der Waals surface area contributed by atoms with Crippen LogP contribution in [0.4, 0.5) is 0 Å². The van der Waals surface area contributed by atoms with Crippen molar-refractivity contribution in [1.82, 2.24) is 9.80 Å². The summed E-state index contributed by atoms with van der Waals surface area (Å²) < 4.78 is 2.17. The van der Waals surface area contributed by atoms with Crippen LogP contribution in [0, 0.1) is 13.1 Å². The van der Waals surface area contributed by atoms with Gasteiger partial charge in [0.2, 0.25) is 0 Å². The van der Waals surface area contributed by atoms with Gasteiger partial charge in [0.25, 0.3) is 0 Å². The minimum absolute atomic E-state index is 0. The third-order valence-electron chi connectivity index (χ3n) is 5.17. The fourth-order valence-electron chi connectivity index (χ4n) is 3.81. The van der Waals surface area contributed by atoms with Gasteiger partial charge in [-0.15, -0.1) is 24.8 Å². The predicted molar refractivity (Wildman–Crippen MR) is 126 cm³/mol. The molecular formula is C18H28Cl2I2N2O. The summed E-state index contributed by atoms with van der Waals surface area (Å²) in [4.78, 5) is 5.19. The largest absolute Gasteiger partial charge is 0.507 e. The zero-order chi connectivity index (χ0) is 16.2. The molecule has 3 rings (SSSR count). The van der Waals surface area contributed by atoms with Gasteiger partial charge in [-0.1, -0.05) is 6.42 Å². The molecule has 0 unspecified atom stereocenters. The molecule has 144 valence electrons. The average molecular weight is 613 g/mol. The Kier molecular flexibility index (Phi) is 11.3. The SMILES string of the molecule is Cl.Cl.Oc1c(I)cc(I)cc1CN1CCC(CN2CCCCC2)CC1. The highest BCUT2D eigenvalue weighted by molar-refractivity contribution is 14.1. The molecule has 0 saturated carbocycles. The Morgan fingerprint density at radius 3 is 2.20 bits per heavy atom. The van der Waals surface area contributed by atoms with Gasteiger partial charge in [-0.25, -0.2) is 0 Å². The monoisotopic (exact) mass is 612 g/mol. The molecule has 0 aromatic heterocycles. The Morgan fingerprint density at radius 1 is 0.920 bits per heavy atom. The Bertz CT molecular complexity index is 534. The minimum atomic E-state index is 0. The lowest BCUT2D eigenvalue weighted by Crippen LogP contribution is -2.40. The molecule has 2 aliphatic rings. The van der Waals surface area contributed by atoms with Crippen molar-refractivity contribution in [3.63, 3.8) is 0 Å². The second kappa shape index (κ2) is 11.7. The van der Waals surface area contributed by atoms with Gasteiger partial charge in [-0.05, 0) is 115 Å². The van der Waals surface area contributed by atoms with E-state index >= 15 is 0 Å². The first-order valence-electron chi connectivity index (χ1n) is 8.73. The number of likely N-dealkylation sites (tertiary alicyclic amines) is 2. The van der Waals surface area contributed by atoms with Gasteiger partial charge in [0.05, 0.1) is 3.57 Å². The van der Waals surface area contributed by atoms with E-state index in [2.05, 4.69) is 61.0 Å². The molecule has 0 spiro atoms. The minimum Gasteiger partial charge on any atom is -0.507 e. The smallest absolute Gasteiger partial charge is 0.133 e. The second-order valence-corrected chi connectivity index (χ2v) is 9.38. The molecule has 2 aliphatic heterocycles. The van der Waals surface area contributed by atoms with Crippen molar-refractivity contribution in [2.24, 2.45) is 5.92 Å². The molecule has 2 saturated heterocycles. The number of hydrogen-bond acceptors (Lipinski definition) is 3. The summed E-state index contributed by atoms with van der Waals surface area (Å²) in [5.41, 5.74) is 1.08. The van der Waals surface area contributed by atoms with Gasteiger partial charge < -0.3 is 10.0 Å². The first-order chi connectivity index (χ1) is 11.1. The standard InChI is InChI=1S/C18H26I2N2O.2ClH/c19-16-10-15(18(23)17(20)11-16)13-22-8-4-14(5-9-22)12-21-6-2-1-3-7-21;;/h10-11,14,23H,1-9,12-13H2;2*1H. The van der Waals surface area contributed by atoms with Crippen molar-refractivity contribution >= 4 is 70.0 Å². The number of benzene rings is 1. The third kappa shape index (κ3) is 7.14. The number of halogens is 4. The maximum atomic E-state index is 10.3. The van der Waals surface area contributed by atoms with Crippen LogP contribution >= 0.6 is 70.0 Å². The first-order valence-corrected chi connectivity index (χ1v) is 10.9. The molecule has 0 amide bonds. The molecule has 0 bridgehead atoms. The molecule has 0 atom stereocenters. The molecule has 2 fully saturated rings. The summed E-state index contributed by atoms with van der Waals surface area (Å²) in [5.74, 6) is 1.34.